The van der Waals surface area contributed by atoms with Crippen LogP contribution < -0.4 is 10.1 Å². The largest absolute Gasteiger partial charge is 0.493 e. The SMILES string of the molecule is CCc1ccc(C(=O)N(C[C@@H]2CNC[C@H]2CN(C(=O)C[C@H](C)c2ccccc2)C2CC2)C(C)C)cc1OCCCOC. The summed E-state index contributed by atoms with van der Waals surface area (Å²) in [6.45, 7) is 12.8. The molecule has 2 amide bonds. The summed E-state index contributed by atoms with van der Waals surface area (Å²) in [7, 11) is 1.69. The predicted octanol–water partition coefficient (Wildman–Crippen LogP) is 5.54. The van der Waals surface area contributed by atoms with E-state index in [-0.39, 0.29) is 29.7 Å². The average Bonchev–Trinajstić information content (AvgIpc) is 3.74. The minimum absolute atomic E-state index is 0.0341. The third-order valence-electron chi connectivity index (χ3n) is 8.83. The fourth-order valence-electron chi connectivity index (χ4n) is 6.03. The van der Waals surface area contributed by atoms with Gasteiger partial charge in [0.25, 0.3) is 5.91 Å². The second-order valence-corrected chi connectivity index (χ2v) is 12.4. The van der Waals surface area contributed by atoms with E-state index in [2.05, 4.69) is 50.0 Å². The number of aryl methyl sites for hydroxylation is 1. The van der Waals surface area contributed by atoms with Crippen molar-refractivity contribution >= 4 is 11.8 Å². The summed E-state index contributed by atoms with van der Waals surface area (Å²) in [6, 6.07) is 16.6. The quantitative estimate of drug-likeness (QED) is 0.266. The van der Waals surface area contributed by atoms with Crippen LogP contribution in [0.5, 0.6) is 5.75 Å². The molecule has 42 heavy (non-hydrogen) atoms. The Bertz CT molecular complexity index is 1150. The number of hydrogen-bond acceptors (Lipinski definition) is 5. The first-order valence-electron chi connectivity index (χ1n) is 15.9. The molecule has 7 nitrogen and oxygen atoms in total. The van der Waals surface area contributed by atoms with Crippen LogP contribution in [0.3, 0.4) is 0 Å². The molecule has 0 spiro atoms. The van der Waals surface area contributed by atoms with Crippen LogP contribution in [-0.4, -0.2) is 80.2 Å². The molecule has 0 radical (unpaired) electrons. The normalized spacial score (nSPS) is 19.1. The van der Waals surface area contributed by atoms with Gasteiger partial charge >= 0.3 is 0 Å². The maximum absolute atomic E-state index is 13.9. The Balaban J connectivity index is 1.42. The number of nitrogens with one attached hydrogen (secondary N) is 1. The molecule has 0 bridgehead atoms. The smallest absolute Gasteiger partial charge is 0.254 e. The van der Waals surface area contributed by atoms with Gasteiger partial charge in [-0.05, 0) is 74.1 Å². The first-order valence-corrected chi connectivity index (χ1v) is 15.9. The van der Waals surface area contributed by atoms with Crippen molar-refractivity contribution in [3.63, 3.8) is 0 Å². The second-order valence-electron chi connectivity index (χ2n) is 12.4. The lowest BCUT2D eigenvalue weighted by Crippen LogP contribution is -2.45. The van der Waals surface area contributed by atoms with Crippen molar-refractivity contribution in [1.29, 1.82) is 0 Å². The molecular formula is C35H51N3O4. The van der Waals surface area contributed by atoms with Gasteiger partial charge < -0.3 is 24.6 Å². The van der Waals surface area contributed by atoms with Crippen LogP contribution >= 0.6 is 0 Å². The molecule has 0 unspecified atom stereocenters. The van der Waals surface area contributed by atoms with E-state index in [0.29, 0.717) is 43.7 Å². The van der Waals surface area contributed by atoms with E-state index in [4.69, 9.17) is 9.47 Å². The van der Waals surface area contributed by atoms with Crippen molar-refractivity contribution in [2.24, 2.45) is 11.8 Å². The zero-order chi connectivity index (χ0) is 30.1. The highest BCUT2D eigenvalue weighted by Crippen LogP contribution is 2.32. The van der Waals surface area contributed by atoms with E-state index in [0.717, 1.165) is 56.6 Å². The van der Waals surface area contributed by atoms with Gasteiger partial charge in [-0.3, -0.25) is 9.59 Å². The molecule has 1 N–H and O–H groups in total. The zero-order valence-electron chi connectivity index (χ0n) is 26.3. The van der Waals surface area contributed by atoms with Gasteiger partial charge in [0.2, 0.25) is 5.91 Å². The number of methoxy groups -OCH3 is 1. The van der Waals surface area contributed by atoms with E-state index in [1.54, 1.807) is 7.11 Å². The number of amides is 2. The lowest BCUT2D eigenvalue weighted by atomic mass is 9.93. The Morgan fingerprint density at radius 2 is 1.69 bits per heavy atom. The van der Waals surface area contributed by atoms with Gasteiger partial charge in [-0.15, -0.1) is 0 Å². The summed E-state index contributed by atoms with van der Waals surface area (Å²) in [4.78, 5) is 31.6. The van der Waals surface area contributed by atoms with E-state index in [9.17, 15) is 9.59 Å². The number of carbonyl (C=O) groups is 2. The molecule has 2 aromatic rings. The summed E-state index contributed by atoms with van der Waals surface area (Å²) in [6.07, 6.45) is 4.37. The Morgan fingerprint density at radius 3 is 2.33 bits per heavy atom. The molecule has 7 heteroatoms. The highest BCUT2D eigenvalue weighted by molar-refractivity contribution is 5.95. The number of nitrogens with zero attached hydrogens (tertiary/aromatic N) is 2. The molecule has 230 valence electrons. The third kappa shape index (κ3) is 8.57. The van der Waals surface area contributed by atoms with Crippen molar-refractivity contribution in [2.75, 3.05) is 46.5 Å². The molecule has 1 aliphatic carbocycles. The fraction of sp³-hybridized carbons (Fsp3) is 0.600. The molecule has 2 fully saturated rings. The Morgan fingerprint density at radius 1 is 0.976 bits per heavy atom. The molecule has 4 rings (SSSR count). The molecular weight excluding hydrogens is 526 g/mol. The van der Waals surface area contributed by atoms with Crippen LogP contribution in [0.25, 0.3) is 0 Å². The Labute approximate surface area is 252 Å². The number of carbonyl (C=O) groups excluding carboxylic acids is 2. The topological polar surface area (TPSA) is 71.1 Å². The molecule has 0 aromatic heterocycles. The van der Waals surface area contributed by atoms with Crippen LogP contribution in [0.1, 0.15) is 80.8 Å². The third-order valence-corrected chi connectivity index (χ3v) is 8.83. The summed E-state index contributed by atoms with van der Waals surface area (Å²) in [5.74, 6) is 1.87. The van der Waals surface area contributed by atoms with Gasteiger partial charge in [-0.25, -0.2) is 0 Å². The van der Waals surface area contributed by atoms with E-state index >= 15 is 0 Å². The fourth-order valence-corrected chi connectivity index (χ4v) is 6.03. The van der Waals surface area contributed by atoms with Gasteiger partial charge in [0, 0.05) is 70.4 Å². The summed E-state index contributed by atoms with van der Waals surface area (Å²) in [5.41, 5.74) is 2.98. The number of rotatable bonds is 16. The molecule has 3 atom stereocenters. The number of benzene rings is 2. The van der Waals surface area contributed by atoms with E-state index in [1.165, 1.54) is 5.56 Å². The molecule has 2 aliphatic rings. The van der Waals surface area contributed by atoms with Crippen molar-refractivity contribution in [3.8, 4) is 5.75 Å². The van der Waals surface area contributed by atoms with Crippen molar-refractivity contribution < 1.29 is 19.1 Å². The standard InChI is InChI=1S/C35H51N3O4/c1-6-27-13-14-29(20-33(27)42-18-10-17-41-5)35(40)37(25(2)3)23-30-21-36-22-31(30)24-38(32-15-16-32)34(39)19-26(4)28-11-8-7-9-12-28/h7-9,11-14,20,25-26,30-32,36H,6,10,15-19,21-24H2,1-5H3/t26-,30-,31-/m0/s1. The van der Waals surface area contributed by atoms with Crippen LogP contribution in [0.2, 0.25) is 0 Å². The highest BCUT2D eigenvalue weighted by Gasteiger charge is 2.38. The van der Waals surface area contributed by atoms with Gasteiger partial charge in [0.05, 0.1) is 6.61 Å². The van der Waals surface area contributed by atoms with Crippen LogP contribution in [-0.2, 0) is 16.0 Å². The van der Waals surface area contributed by atoms with Crippen LogP contribution in [0, 0.1) is 11.8 Å². The number of ether oxygens (including phenoxy) is 2. The molecule has 1 heterocycles. The average molecular weight is 578 g/mol. The summed E-state index contributed by atoms with van der Waals surface area (Å²) >= 11 is 0. The van der Waals surface area contributed by atoms with Crippen molar-refractivity contribution in [2.45, 2.75) is 77.8 Å². The lowest BCUT2D eigenvalue weighted by Gasteiger charge is -2.34. The van der Waals surface area contributed by atoms with E-state index in [1.807, 2.05) is 41.3 Å². The minimum atomic E-state index is 0.0341. The van der Waals surface area contributed by atoms with Gasteiger partial charge in [0.1, 0.15) is 5.75 Å². The lowest BCUT2D eigenvalue weighted by molar-refractivity contribution is -0.133. The van der Waals surface area contributed by atoms with Gasteiger partial charge in [-0.2, -0.15) is 0 Å². The van der Waals surface area contributed by atoms with Crippen LogP contribution in [0.15, 0.2) is 48.5 Å². The van der Waals surface area contributed by atoms with Crippen molar-refractivity contribution in [1.82, 2.24) is 15.1 Å². The monoisotopic (exact) mass is 577 g/mol. The molecule has 1 aliphatic heterocycles. The van der Waals surface area contributed by atoms with E-state index < -0.39 is 0 Å². The zero-order valence-corrected chi connectivity index (χ0v) is 26.3. The number of hydrogen-bond donors (Lipinski definition) is 1. The van der Waals surface area contributed by atoms with Crippen LogP contribution in [0.4, 0.5) is 0 Å². The molecule has 1 saturated carbocycles. The highest BCUT2D eigenvalue weighted by atomic mass is 16.5. The minimum Gasteiger partial charge on any atom is -0.493 e. The van der Waals surface area contributed by atoms with Gasteiger partial charge in [0.15, 0.2) is 0 Å². The first kappa shape index (κ1) is 32.0. The predicted molar refractivity (Wildman–Crippen MR) is 168 cm³/mol. The van der Waals surface area contributed by atoms with Crippen molar-refractivity contribution in [3.05, 3.63) is 65.2 Å². The van der Waals surface area contributed by atoms with Gasteiger partial charge in [-0.1, -0.05) is 50.2 Å². The second kappa shape index (κ2) is 15.5. The maximum atomic E-state index is 13.9. The Hall–Kier alpha value is -2.90. The summed E-state index contributed by atoms with van der Waals surface area (Å²) < 4.78 is 11.2. The maximum Gasteiger partial charge on any atom is 0.254 e. The Kier molecular flexibility index (Phi) is 11.8. The molecule has 1 saturated heterocycles. The summed E-state index contributed by atoms with van der Waals surface area (Å²) in [5, 5.41) is 3.57. The first-order chi connectivity index (χ1) is 20.3. The molecule has 2 aromatic carbocycles.